The van der Waals surface area contributed by atoms with Crippen molar-refractivity contribution >= 4 is 33.4 Å². The van der Waals surface area contributed by atoms with Gasteiger partial charge in [0.2, 0.25) is 0 Å². The topological polar surface area (TPSA) is 40.5 Å². The monoisotopic (exact) mass is 333 g/mol. The van der Waals surface area contributed by atoms with Gasteiger partial charge in [-0.05, 0) is 54.4 Å². The Kier molecular flexibility index (Phi) is 6.12. The molecule has 0 spiro atoms. The first-order chi connectivity index (χ1) is 8.47. The van der Waals surface area contributed by atoms with E-state index in [4.69, 9.17) is 16.7 Å². The molecule has 0 aliphatic heterocycles. The summed E-state index contributed by atoms with van der Waals surface area (Å²) in [5.74, 6) is -0.0622. The van der Waals surface area contributed by atoms with Gasteiger partial charge >= 0.3 is 0 Å². The quantitative estimate of drug-likeness (QED) is 0.897. The average molecular weight is 335 g/mol. The van der Waals surface area contributed by atoms with Gasteiger partial charge in [0.05, 0.1) is 5.02 Å². The zero-order chi connectivity index (χ0) is 13.7. The van der Waals surface area contributed by atoms with Gasteiger partial charge in [-0.25, -0.2) is 0 Å². The van der Waals surface area contributed by atoms with E-state index in [0.29, 0.717) is 23.6 Å². The van der Waals surface area contributed by atoms with Gasteiger partial charge in [-0.15, -0.1) is 0 Å². The largest absolute Gasteiger partial charge is 0.396 e. The van der Waals surface area contributed by atoms with Crippen molar-refractivity contribution in [3.63, 3.8) is 0 Å². The van der Waals surface area contributed by atoms with E-state index in [1.807, 2.05) is 13.8 Å². The minimum absolute atomic E-state index is 0.0622. The second-order valence-corrected chi connectivity index (χ2v) is 5.56. The fourth-order valence-electron chi connectivity index (χ4n) is 1.63. The van der Waals surface area contributed by atoms with Crippen LogP contribution in [0.3, 0.4) is 0 Å². The molecule has 0 aliphatic carbocycles. The second kappa shape index (κ2) is 7.12. The van der Waals surface area contributed by atoms with Crippen LogP contribution in [0, 0.1) is 0 Å². The van der Waals surface area contributed by atoms with E-state index in [1.165, 1.54) is 0 Å². The van der Waals surface area contributed by atoms with E-state index < -0.39 is 0 Å². The molecule has 0 saturated heterocycles. The van der Waals surface area contributed by atoms with Crippen molar-refractivity contribution in [1.82, 2.24) is 4.90 Å². The number of aliphatic hydroxyl groups is 1. The summed E-state index contributed by atoms with van der Waals surface area (Å²) in [6.07, 6.45) is 0.578. The molecule has 1 aromatic rings. The highest BCUT2D eigenvalue weighted by atomic mass is 79.9. The maximum absolute atomic E-state index is 12.3. The Morgan fingerprint density at radius 2 is 2.17 bits per heavy atom. The summed E-state index contributed by atoms with van der Waals surface area (Å²) in [4.78, 5) is 14.1. The van der Waals surface area contributed by atoms with E-state index in [1.54, 1.807) is 23.1 Å². The molecule has 3 nitrogen and oxygen atoms in total. The van der Waals surface area contributed by atoms with Gasteiger partial charge in [0.15, 0.2) is 0 Å². The highest BCUT2D eigenvalue weighted by Gasteiger charge is 2.18. The molecule has 1 aromatic carbocycles. The van der Waals surface area contributed by atoms with Gasteiger partial charge in [0.1, 0.15) is 0 Å². The SMILES string of the molecule is CC(C)N(CCCO)C(=O)c1ccc(Br)c(Cl)c1. The molecule has 0 heterocycles. The summed E-state index contributed by atoms with van der Waals surface area (Å²) in [7, 11) is 0. The van der Waals surface area contributed by atoms with Crippen molar-refractivity contribution < 1.29 is 9.90 Å². The fraction of sp³-hybridized carbons (Fsp3) is 0.462. The molecule has 0 saturated carbocycles. The van der Waals surface area contributed by atoms with Crippen molar-refractivity contribution in [2.45, 2.75) is 26.3 Å². The summed E-state index contributed by atoms with van der Waals surface area (Å²) in [5.41, 5.74) is 0.565. The van der Waals surface area contributed by atoms with Gasteiger partial charge < -0.3 is 10.0 Å². The molecule has 0 atom stereocenters. The molecule has 1 N–H and O–H groups in total. The first kappa shape index (κ1) is 15.5. The molecular formula is C13H17BrClNO2. The normalized spacial score (nSPS) is 10.8. The van der Waals surface area contributed by atoms with Crippen molar-refractivity contribution in [3.8, 4) is 0 Å². The van der Waals surface area contributed by atoms with E-state index in [0.717, 1.165) is 4.47 Å². The zero-order valence-electron chi connectivity index (χ0n) is 10.5. The van der Waals surface area contributed by atoms with Crippen molar-refractivity contribution in [3.05, 3.63) is 33.3 Å². The number of amides is 1. The predicted octanol–water partition coefficient (Wildman–Crippen LogP) is 3.34. The van der Waals surface area contributed by atoms with Gasteiger partial charge in [-0.3, -0.25) is 4.79 Å². The van der Waals surface area contributed by atoms with Crippen LogP contribution in [0.15, 0.2) is 22.7 Å². The third-order valence-corrected chi connectivity index (χ3v) is 3.84. The maximum atomic E-state index is 12.3. The van der Waals surface area contributed by atoms with Crippen LogP contribution in [0.5, 0.6) is 0 Å². The summed E-state index contributed by atoms with van der Waals surface area (Å²) < 4.78 is 0.771. The Bertz CT molecular complexity index is 423. The number of carbonyl (C=O) groups is 1. The van der Waals surface area contributed by atoms with Gasteiger partial charge in [0.25, 0.3) is 5.91 Å². The lowest BCUT2D eigenvalue weighted by Crippen LogP contribution is -2.38. The Morgan fingerprint density at radius 3 is 2.67 bits per heavy atom. The molecule has 5 heteroatoms. The fourth-order valence-corrected chi connectivity index (χ4v) is 2.06. The van der Waals surface area contributed by atoms with Crippen molar-refractivity contribution in [2.75, 3.05) is 13.2 Å². The van der Waals surface area contributed by atoms with Crippen LogP contribution in [0.1, 0.15) is 30.6 Å². The lowest BCUT2D eigenvalue weighted by atomic mass is 10.1. The van der Waals surface area contributed by atoms with Crippen molar-refractivity contribution in [1.29, 1.82) is 0 Å². The minimum Gasteiger partial charge on any atom is -0.396 e. The van der Waals surface area contributed by atoms with Crippen LogP contribution in [-0.4, -0.2) is 35.1 Å². The van der Waals surface area contributed by atoms with Gasteiger partial charge in [-0.2, -0.15) is 0 Å². The van der Waals surface area contributed by atoms with Crippen LogP contribution in [0.25, 0.3) is 0 Å². The molecule has 0 aliphatic rings. The van der Waals surface area contributed by atoms with Gasteiger partial charge in [0, 0.05) is 29.2 Å². The number of nitrogens with zero attached hydrogens (tertiary/aromatic N) is 1. The Labute approximate surface area is 121 Å². The minimum atomic E-state index is -0.0622. The van der Waals surface area contributed by atoms with Crippen LogP contribution in [0.4, 0.5) is 0 Å². The number of carbonyl (C=O) groups excluding carboxylic acids is 1. The second-order valence-electron chi connectivity index (χ2n) is 4.30. The van der Waals surface area contributed by atoms with E-state index in [-0.39, 0.29) is 18.6 Å². The van der Waals surface area contributed by atoms with Crippen LogP contribution in [0.2, 0.25) is 5.02 Å². The van der Waals surface area contributed by atoms with Crippen LogP contribution in [-0.2, 0) is 0 Å². The first-order valence-electron chi connectivity index (χ1n) is 5.84. The van der Waals surface area contributed by atoms with Gasteiger partial charge in [-0.1, -0.05) is 11.6 Å². The molecule has 0 aromatic heterocycles. The third-order valence-electron chi connectivity index (χ3n) is 2.61. The smallest absolute Gasteiger partial charge is 0.254 e. The molecule has 1 rings (SSSR count). The number of halogens is 2. The molecule has 0 bridgehead atoms. The standard InChI is InChI=1S/C13H17BrClNO2/c1-9(2)16(6-3-7-17)13(18)10-4-5-11(14)12(15)8-10/h4-5,8-9,17H,3,6-7H2,1-2H3. The molecular weight excluding hydrogens is 318 g/mol. The first-order valence-corrected chi connectivity index (χ1v) is 7.01. The number of hydrogen-bond donors (Lipinski definition) is 1. The lowest BCUT2D eigenvalue weighted by molar-refractivity contribution is 0.0693. The molecule has 0 radical (unpaired) electrons. The van der Waals surface area contributed by atoms with E-state index >= 15 is 0 Å². The molecule has 100 valence electrons. The highest BCUT2D eigenvalue weighted by molar-refractivity contribution is 9.10. The zero-order valence-corrected chi connectivity index (χ0v) is 12.8. The highest BCUT2D eigenvalue weighted by Crippen LogP contribution is 2.24. The number of aliphatic hydroxyl groups excluding tert-OH is 1. The summed E-state index contributed by atoms with van der Waals surface area (Å²) in [6.45, 7) is 4.53. The lowest BCUT2D eigenvalue weighted by Gasteiger charge is -2.26. The van der Waals surface area contributed by atoms with E-state index in [2.05, 4.69) is 15.9 Å². The van der Waals surface area contributed by atoms with Crippen LogP contribution < -0.4 is 0 Å². The Morgan fingerprint density at radius 1 is 1.50 bits per heavy atom. The maximum Gasteiger partial charge on any atom is 0.254 e. The summed E-state index contributed by atoms with van der Waals surface area (Å²) >= 11 is 9.29. The Balaban J connectivity index is 2.91. The molecule has 1 amide bonds. The number of rotatable bonds is 5. The number of hydrogen-bond acceptors (Lipinski definition) is 2. The summed E-state index contributed by atoms with van der Waals surface area (Å²) in [5, 5.41) is 9.38. The van der Waals surface area contributed by atoms with Crippen molar-refractivity contribution in [2.24, 2.45) is 0 Å². The van der Waals surface area contributed by atoms with Crippen LogP contribution >= 0.6 is 27.5 Å². The summed E-state index contributed by atoms with van der Waals surface area (Å²) in [6, 6.07) is 5.25. The molecule has 0 unspecified atom stereocenters. The van der Waals surface area contributed by atoms with E-state index in [9.17, 15) is 4.79 Å². The number of benzene rings is 1. The average Bonchev–Trinajstić information content (AvgIpc) is 2.32. The third kappa shape index (κ3) is 3.97. The Hall–Kier alpha value is -0.580. The molecule has 18 heavy (non-hydrogen) atoms. The molecule has 0 fully saturated rings. The predicted molar refractivity (Wildman–Crippen MR) is 77.0 cm³/mol.